The highest BCUT2D eigenvalue weighted by molar-refractivity contribution is 6.09. The topological polar surface area (TPSA) is 51.8 Å². The smallest absolute Gasteiger partial charge is 0.167 e. The van der Waals surface area contributed by atoms with Crippen LogP contribution >= 0.6 is 0 Å². The van der Waals surface area contributed by atoms with Gasteiger partial charge in [0.05, 0.1) is 5.56 Å². The Labute approximate surface area is 306 Å². The predicted molar refractivity (Wildman–Crippen MR) is 217 cm³/mol. The van der Waals surface area contributed by atoms with Crippen LogP contribution in [0.4, 0.5) is 0 Å². The van der Waals surface area contributed by atoms with Crippen LogP contribution in [0.1, 0.15) is 0 Å². The molecule has 0 atom stereocenters. The van der Waals surface area contributed by atoms with E-state index in [-0.39, 0.29) is 0 Å². The minimum absolute atomic E-state index is 0.568. The Morgan fingerprint density at radius 3 is 1.49 bits per heavy atom. The lowest BCUT2D eigenvalue weighted by atomic mass is 9.91. The predicted octanol–water partition coefficient (Wildman–Crippen LogP) is 12.9. The monoisotopic (exact) mass is 677 g/mol. The summed E-state index contributed by atoms with van der Waals surface area (Å²) in [5.41, 5.74) is 11.3. The number of hydrogen-bond acceptors (Lipinski definition) is 4. The third kappa shape index (κ3) is 5.54. The molecule has 0 unspecified atom stereocenters. The third-order valence-corrected chi connectivity index (χ3v) is 9.97. The quantitative estimate of drug-likeness (QED) is 0.176. The maximum Gasteiger partial charge on any atom is 0.167 e. The Balaban J connectivity index is 1.04. The van der Waals surface area contributed by atoms with Crippen LogP contribution in [0.15, 0.2) is 192 Å². The number of hydrogen-bond donors (Lipinski definition) is 0. The number of furan rings is 1. The van der Waals surface area contributed by atoms with E-state index < -0.39 is 0 Å². The van der Waals surface area contributed by atoms with Gasteiger partial charge in [0.25, 0.3) is 0 Å². The van der Waals surface area contributed by atoms with Gasteiger partial charge in [0, 0.05) is 21.9 Å². The van der Waals surface area contributed by atoms with E-state index in [2.05, 4.69) is 127 Å². The summed E-state index contributed by atoms with van der Waals surface area (Å²) in [6.07, 6.45) is 0. The van der Waals surface area contributed by atoms with E-state index in [1.54, 1.807) is 0 Å². The number of rotatable bonds is 6. The summed E-state index contributed by atoms with van der Waals surface area (Å²) in [5.74, 6) is 1.78. The Morgan fingerprint density at radius 1 is 0.283 bits per heavy atom. The molecule has 248 valence electrons. The number of para-hydroxylation sites is 2. The molecule has 0 saturated heterocycles. The van der Waals surface area contributed by atoms with Crippen LogP contribution in [-0.2, 0) is 0 Å². The molecule has 0 bridgehead atoms. The molecule has 2 heterocycles. The van der Waals surface area contributed by atoms with Gasteiger partial charge in [0.2, 0.25) is 0 Å². The van der Waals surface area contributed by atoms with Gasteiger partial charge in [0.1, 0.15) is 11.2 Å². The molecule has 0 radical (unpaired) electrons. The SMILES string of the molecule is c1ccc(-c2nc(-c3cccc(-c4ccc(-c5ccc(-c6ccccc6)c6ccccc56)cc4)c3)nc(-c3cccc4c3oc3ccccc34)n2)cc1. The molecular weight excluding hydrogens is 647 g/mol. The Morgan fingerprint density at radius 2 is 0.774 bits per heavy atom. The minimum atomic E-state index is 0.568. The molecule has 0 saturated carbocycles. The molecule has 10 aromatic rings. The zero-order valence-corrected chi connectivity index (χ0v) is 28.6. The van der Waals surface area contributed by atoms with E-state index in [0.29, 0.717) is 17.5 Å². The van der Waals surface area contributed by atoms with Gasteiger partial charge in [-0.15, -0.1) is 0 Å². The van der Waals surface area contributed by atoms with Crippen molar-refractivity contribution in [1.82, 2.24) is 15.0 Å². The Hall–Kier alpha value is -7.17. The largest absolute Gasteiger partial charge is 0.455 e. The zero-order chi connectivity index (χ0) is 35.1. The van der Waals surface area contributed by atoms with Gasteiger partial charge in [-0.25, -0.2) is 15.0 Å². The average molecular weight is 678 g/mol. The lowest BCUT2D eigenvalue weighted by Gasteiger charge is -2.13. The molecule has 0 fully saturated rings. The molecule has 2 aromatic heterocycles. The van der Waals surface area contributed by atoms with E-state index in [4.69, 9.17) is 19.4 Å². The molecule has 0 aliphatic heterocycles. The lowest BCUT2D eigenvalue weighted by Crippen LogP contribution is -2.00. The van der Waals surface area contributed by atoms with Crippen molar-refractivity contribution in [2.45, 2.75) is 0 Å². The summed E-state index contributed by atoms with van der Waals surface area (Å²) in [6, 6.07) is 65.3. The van der Waals surface area contributed by atoms with Crippen LogP contribution in [0.25, 0.3) is 100 Å². The molecule has 4 heteroatoms. The van der Waals surface area contributed by atoms with Crippen molar-refractivity contribution in [1.29, 1.82) is 0 Å². The van der Waals surface area contributed by atoms with Crippen molar-refractivity contribution in [2.75, 3.05) is 0 Å². The number of fused-ring (bicyclic) bond motifs is 4. The van der Waals surface area contributed by atoms with Gasteiger partial charge in [-0.05, 0) is 62.4 Å². The number of benzene rings is 8. The van der Waals surface area contributed by atoms with Crippen LogP contribution in [0.3, 0.4) is 0 Å². The van der Waals surface area contributed by atoms with Crippen LogP contribution in [0, 0.1) is 0 Å². The highest BCUT2D eigenvalue weighted by Crippen LogP contribution is 2.38. The summed E-state index contributed by atoms with van der Waals surface area (Å²) in [7, 11) is 0. The lowest BCUT2D eigenvalue weighted by molar-refractivity contribution is 0.669. The van der Waals surface area contributed by atoms with Crippen LogP contribution < -0.4 is 0 Å². The Bertz CT molecular complexity index is 2930. The van der Waals surface area contributed by atoms with Crippen LogP contribution in [-0.4, -0.2) is 15.0 Å². The maximum absolute atomic E-state index is 6.40. The van der Waals surface area contributed by atoms with Gasteiger partial charge in [-0.1, -0.05) is 170 Å². The second kappa shape index (κ2) is 12.9. The summed E-state index contributed by atoms with van der Waals surface area (Å²) in [5, 5.41) is 4.59. The third-order valence-electron chi connectivity index (χ3n) is 9.97. The summed E-state index contributed by atoms with van der Waals surface area (Å²) in [6.45, 7) is 0. The van der Waals surface area contributed by atoms with Gasteiger partial charge >= 0.3 is 0 Å². The van der Waals surface area contributed by atoms with Crippen molar-refractivity contribution in [3.8, 4) is 67.5 Å². The average Bonchev–Trinajstić information content (AvgIpc) is 3.63. The normalized spacial score (nSPS) is 11.4. The molecule has 0 N–H and O–H groups in total. The molecule has 0 amide bonds. The second-order valence-corrected chi connectivity index (χ2v) is 13.2. The number of aromatic nitrogens is 3. The summed E-state index contributed by atoms with van der Waals surface area (Å²) < 4.78 is 6.40. The maximum atomic E-state index is 6.40. The highest BCUT2D eigenvalue weighted by atomic mass is 16.3. The van der Waals surface area contributed by atoms with Gasteiger partial charge in [-0.3, -0.25) is 0 Å². The van der Waals surface area contributed by atoms with E-state index in [1.807, 2.05) is 60.7 Å². The molecule has 0 spiro atoms. The molecule has 0 aliphatic rings. The molecule has 10 rings (SSSR count). The molecule has 4 nitrogen and oxygen atoms in total. The van der Waals surface area contributed by atoms with Crippen molar-refractivity contribution in [3.63, 3.8) is 0 Å². The van der Waals surface area contributed by atoms with E-state index in [0.717, 1.165) is 49.8 Å². The van der Waals surface area contributed by atoms with Crippen molar-refractivity contribution < 1.29 is 4.42 Å². The van der Waals surface area contributed by atoms with Crippen molar-refractivity contribution in [2.24, 2.45) is 0 Å². The van der Waals surface area contributed by atoms with Gasteiger partial charge in [0.15, 0.2) is 17.5 Å². The highest BCUT2D eigenvalue weighted by Gasteiger charge is 2.18. The van der Waals surface area contributed by atoms with Crippen molar-refractivity contribution in [3.05, 3.63) is 188 Å². The van der Waals surface area contributed by atoms with Crippen LogP contribution in [0.5, 0.6) is 0 Å². The van der Waals surface area contributed by atoms with E-state index >= 15 is 0 Å². The van der Waals surface area contributed by atoms with Gasteiger partial charge in [-0.2, -0.15) is 0 Å². The van der Waals surface area contributed by atoms with Crippen LogP contribution in [0.2, 0.25) is 0 Å². The minimum Gasteiger partial charge on any atom is -0.455 e. The number of nitrogens with zero attached hydrogens (tertiary/aromatic N) is 3. The van der Waals surface area contributed by atoms with Gasteiger partial charge < -0.3 is 4.42 Å². The first-order valence-corrected chi connectivity index (χ1v) is 17.8. The fourth-order valence-electron chi connectivity index (χ4n) is 7.37. The first kappa shape index (κ1) is 30.6. The summed E-state index contributed by atoms with van der Waals surface area (Å²) >= 11 is 0. The molecule has 53 heavy (non-hydrogen) atoms. The summed E-state index contributed by atoms with van der Waals surface area (Å²) in [4.78, 5) is 15.1. The van der Waals surface area contributed by atoms with Crippen molar-refractivity contribution >= 4 is 32.7 Å². The van der Waals surface area contributed by atoms with E-state index in [1.165, 1.54) is 33.0 Å². The fraction of sp³-hybridized carbons (Fsp3) is 0. The first-order chi connectivity index (χ1) is 26.3. The Kier molecular flexibility index (Phi) is 7.43. The molecule has 0 aliphatic carbocycles. The molecular formula is C49H31N3O. The fourth-order valence-corrected chi connectivity index (χ4v) is 7.37. The second-order valence-electron chi connectivity index (χ2n) is 13.2. The first-order valence-electron chi connectivity index (χ1n) is 17.8. The van der Waals surface area contributed by atoms with E-state index in [9.17, 15) is 0 Å². The molecule has 8 aromatic carbocycles. The standard InChI is InChI=1S/C49H31N3O/c1-3-13-33(14-4-1)38-29-30-39(41-20-8-7-19-40(38)41)34-27-25-32(26-28-34)36-17-11-18-37(31-36)48-50-47(35-15-5-2-6-16-35)51-49(52-48)44-23-12-22-43-42-21-9-10-24-45(42)53-46(43)44/h1-31H. The zero-order valence-electron chi connectivity index (χ0n) is 28.6.